The number of hydrogen-bond donors (Lipinski definition) is 0. The normalized spacial score (nSPS) is 13.2. The minimum Gasteiger partial charge on any atom is -0.310 e. The summed E-state index contributed by atoms with van der Waals surface area (Å²) in [4.78, 5) is 2.48. The molecule has 0 spiro atoms. The molecular weight excluding hydrogens is 603 g/mol. The highest BCUT2D eigenvalue weighted by atomic mass is 15.1. The first kappa shape index (κ1) is 28.8. The Kier molecular flexibility index (Phi) is 6.29. The molecule has 0 saturated carbocycles. The lowest BCUT2D eigenvalue weighted by atomic mass is 9.80. The van der Waals surface area contributed by atoms with Gasteiger partial charge in [0.1, 0.15) is 0 Å². The van der Waals surface area contributed by atoms with Crippen LogP contribution in [-0.2, 0) is 5.41 Å². The van der Waals surface area contributed by atoms with Gasteiger partial charge in [0.05, 0.1) is 5.69 Å². The monoisotopic (exact) mass is 637 g/mol. The zero-order valence-electron chi connectivity index (χ0n) is 28.2. The third kappa shape index (κ3) is 4.20. The van der Waals surface area contributed by atoms with Crippen LogP contribution in [0.5, 0.6) is 0 Å². The number of rotatable bonds is 3. The molecule has 0 aliphatic heterocycles. The Morgan fingerprint density at radius 2 is 0.780 bits per heavy atom. The molecule has 0 fully saturated rings. The quantitative estimate of drug-likeness (QED) is 0.186. The van der Waals surface area contributed by atoms with Crippen molar-refractivity contribution in [2.24, 2.45) is 0 Å². The van der Waals surface area contributed by atoms with Gasteiger partial charge in [0.15, 0.2) is 0 Å². The molecule has 0 atom stereocenters. The van der Waals surface area contributed by atoms with Gasteiger partial charge in [-0.2, -0.15) is 0 Å². The first-order valence-electron chi connectivity index (χ1n) is 17.5. The molecular formula is C49H35N. The summed E-state index contributed by atoms with van der Waals surface area (Å²) in [5.74, 6) is 0. The van der Waals surface area contributed by atoms with Gasteiger partial charge in [0.2, 0.25) is 0 Å². The summed E-state index contributed by atoms with van der Waals surface area (Å²) in [6.07, 6.45) is 0. The molecule has 1 nitrogen and oxygen atoms in total. The highest BCUT2D eigenvalue weighted by Gasteiger charge is 2.36. The van der Waals surface area contributed by atoms with E-state index < -0.39 is 0 Å². The third-order valence-corrected chi connectivity index (χ3v) is 11.0. The highest BCUT2D eigenvalue weighted by molar-refractivity contribution is 6.05. The van der Waals surface area contributed by atoms with E-state index in [1.807, 2.05) is 0 Å². The molecule has 2 aliphatic carbocycles. The predicted molar refractivity (Wildman–Crippen MR) is 211 cm³/mol. The van der Waals surface area contributed by atoms with Crippen LogP contribution < -0.4 is 4.90 Å². The summed E-state index contributed by atoms with van der Waals surface area (Å²) in [5, 5.41) is 2.45. The van der Waals surface area contributed by atoms with Crippen molar-refractivity contribution < 1.29 is 0 Å². The Balaban J connectivity index is 1.25. The summed E-state index contributed by atoms with van der Waals surface area (Å²) in [6, 6.07) is 65.1. The average molecular weight is 638 g/mol. The number of hydrogen-bond acceptors (Lipinski definition) is 1. The van der Waals surface area contributed by atoms with Crippen molar-refractivity contribution in [1.29, 1.82) is 0 Å². The lowest BCUT2D eigenvalue weighted by Gasteiger charge is -2.30. The van der Waals surface area contributed by atoms with Crippen LogP contribution >= 0.6 is 0 Å². The maximum atomic E-state index is 2.48. The van der Waals surface area contributed by atoms with E-state index in [9.17, 15) is 0 Å². The summed E-state index contributed by atoms with van der Waals surface area (Å²) in [6.45, 7) is 4.72. The Bertz CT molecular complexity index is 2630. The summed E-state index contributed by atoms with van der Waals surface area (Å²) in [5.41, 5.74) is 18.8. The first-order chi connectivity index (χ1) is 24.6. The average Bonchev–Trinajstić information content (AvgIpc) is 3.40. The van der Waals surface area contributed by atoms with E-state index in [0.717, 1.165) is 11.4 Å². The van der Waals surface area contributed by atoms with E-state index in [2.05, 4.69) is 195 Å². The summed E-state index contributed by atoms with van der Waals surface area (Å²) in [7, 11) is 0. The second-order valence-corrected chi connectivity index (χ2v) is 14.1. The lowest BCUT2D eigenvalue weighted by molar-refractivity contribution is 0.660. The van der Waals surface area contributed by atoms with Gasteiger partial charge < -0.3 is 4.90 Å². The molecule has 0 bridgehead atoms. The van der Waals surface area contributed by atoms with Crippen molar-refractivity contribution >= 4 is 27.8 Å². The van der Waals surface area contributed by atoms with E-state index in [1.54, 1.807) is 0 Å². The molecule has 50 heavy (non-hydrogen) atoms. The molecule has 0 amide bonds. The van der Waals surface area contributed by atoms with Crippen LogP contribution in [0.4, 0.5) is 17.1 Å². The van der Waals surface area contributed by atoms with Gasteiger partial charge in [0, 0.05) is 22.2 Å². The fourth-order valence-electron chi connectivity index (χ4n) is 8.65. The highest BCUT2D eigenvalue weighted by Crippen LogP contribution is 2.53. The van der Waals surface area contributed by atoms with Gasteiger partial charge in [-0.25, -0.2) is 0 Å². The van der Waals surface area contributed by atoms with Crippen molar-refractivity contribution in [1.82, 2.24) is 0 Å². The van der Waals surface area contributed by atoms with Gasteiger partial charge in [0.25, 0.3) is 0 Å². The van der Waals surface area contributed by atoms with Crippen LogP contribution in [0.2, 0.25) is 0 Å². The molecule has 8 aromatic carbocycles. The largest absolute Gasteiger partial charge is 0.310 e. The maximum absolute atomic E-state index is 2.48. The molecule has 0 heterocycles. The molecule has 0 N–H and O–H groups in total. The number of fused-ring (bicyclic) bond motifs is 12. The zero-order valence-corrected chi connectivity index (χ0v) is 28.2. The topological polar surface area (TPSA) is 3.24 Å². The van der Waals surface area contributed by atoms with Crippen LogP contribution in [0, 0.1) is 0 Å². The van der Waals surface area contributed by atoms with E-state index in [-0.39, 0.29) is 5.41 Å². The van der Waals surface area contributed by atoms with Crippen molar-refractivity contribution in [2.45, 2.75) is 19.3 Å². The number of benzene rings is 8. The minimum absolute atomic E-state index is 0.103. The van der Waals surface area contributed by atoms with E-state index >= 15 is 0 Å². The number of anilines is 3. The standard InChI is InChI=1S/C49H35N/c1-49(2)46-24-12-11-23-43(46)44-29-27-34(31-47(44)49)50(48-25-13-15-32-14-3-4-16-35(32)48)33-26-28-42-40-21-8-7-19-38(40)36-17-5-6-18-37(36)39-20-9-10-22-41(39)45(42)30-33/h3-31H,1-2H3. The second kappa shape index (κ2) is 10.9. The number of nitrogens with zero attached hydrogens (tertiary/aromatic N) is 1. The second-order valence-electron chi connectivity index (χ2n) is 14.1. The van der Waals surface area contributed by atoms with Crippen molar-refractivity contribution in [3.8, 4) is 55.6 Å². The molecule has 1 heteroatoms. The maximum Gasteiger partial charge on any atom is 0.0540 e. The molecule has 2 aliphatic rings. The van der Waals surface area contributed by atoms with Crippen molar-refractivity contribution in [3.05, 3.63) is 187 Å². The van der Waals surface area contributed by atoms with Crippen LogP contribution in [-0.4, -0.2) is 0 Å². The van der Waals surface area contributed by atoms with Gasteiger partial charge in [-0.1, -0.05) is 159 Å². The SMILES string of the molecule is CC1(C)c2ccccc2-c2ccc(N(c3ccc4c(c3)-c3ccccc3-c3ccccc3-c3ccccc3-4)c3cccc4ccccc34)cc21. The Hall–Kier alpha value is -6.18. The fraction of sp³-hybridized carbons (Fsp3) is 0.0612. The van der Waals surface area contributed by atoms with E-state index in [1.165, 1.54) is 83.2 Å². The van der Waals surface area contributed by atoms with E-state index in [4.69, 9.17) is 0 Å². The smallest absolute Gasteiger partial charge is 0.0540 e. The molecule has 8 aromatic rings. The van der Waals surface area contributed by atoms with E-state index in [0.29, 0.717) is 0 Å². The van der Waals surface area contributed by atoms with Crippen LogP contribution in [0.15, 0.2) is 176 Å². The lowest BCUT2D eigenvalue weighted by Crippen LogP contribution is -2.16. The first-order valence-corrected chi connectivity index (χ1v) is 17.5. The zero-order chi connectivity index (χ0) is 33.4. The van der Waals surface area contributed by atoms with Gasteiger partial charge in [-0.3, -0.25) is 0 Å². The van der Waals surface area contributed by atoms with Crippen LogP contribution in [0.25, 0.3) is 66.4 Å². The molecule has 0 unspecified atom stereocenters. The predicted octanol–water partition coefficient (Wildman–Crippen LogP) is 13.6. The summed E-state index contributed by atoms with van der Waals surface area (Å²) >= 11 is 0. The van der Waals surface area contributed by atoms with Crippen LogP contribution in [0.1, 0.15) is 25.0 Å². The molecule has 236 valence electrons. The van der Waals surface area contributed by atoms with Gasteiger partial charge >= 0.3 is 0 Å². The van der Waals surface area contributed by atoms with Crippen molar-refractivity contribution in [2.75, 3.05) is 4.90 Å². The summed E-state index contributed by atoms with van der Waals surface area (Å²) < 4.78 is 0. The van der Waals surface area contributed by atoms with Crippen LogP contribution in [0.3, 0.4) is 0 Å². The molecule has 0 aromatic heterocycles. The third-order valence-electron chi connectivity index (χ3n) is 11.0. The van der Waals surface area contributed by atoms with Crippen molar-refractivity contribution in [3.63, 3.8) is 0 Å². The minimum atomic E-state index is -0.103. The molecule has 10 rings (SSSR count). The Labute approximate surface area is 293 Å². The fourth-order valence-corrected chi connectivity index (χ4v) is 8.65. The molecule has 0 saturated heterocycles. The Morgan fingerprint density at radius 3 is 1.42 bits per heavy atom. The Morgan fingerprint density at radius 1 is 0.340 bits per heavy atom. The van der Waals surface area contributed by atoms with Gasteiger partial charge in [-0.15, -0.1) is 0 Å². The molecule has 0 radical (unpaired) electrons. The van der Waals surface area contributed by atoms with Gasteiger partial charge in [-0.05, 0) is 102 Å².